The van der Waals surface area contributed by atoms with Crippen LogP contribution in [0.25, 0.3) is 10.8 Å². The van der Waals surface area contributed by atoms with Crippen molar-refractivity contribution < 1.29 is 14.6 Å². The number of hydrogen-bond donors (Lipinski definition) is 2. The van der Waals surface area contributed by atoms with Crippen molar-refractivity contribution in [1.82, 2.24) is 5.43 Å². The molecule has 0 aromatic heterocycles. The molecule has 1 amide bonds. The highest BCUT2D eigenvalue weighted by Crippen LogP contribution is 2.30. The van der Waals surface area contributed by atoms with E-state index in [0.29, 0.717) is 11.3 Å². The van der Waals surface area contributed by atoms with Gasteiger partial charge in [0.25, 0.3) is 5.91 Å². The van der Waals surface area contributed by atoms with Crippen LogP contribution in [0.15, 0.2) is 58.1 Å². The van der Waals surface area contributed by atoms with E-state index in [1.807, 2.05) is 56.3 Å². The minimum absolute atomic E-state index is 0.0992. The zero-order valence-corrected chi connectivity index (χ0v) is 16.6. The zero-order valence-electron chi connectivity index (χ0n) is 15.0. The average Bonchev–Trinajstić information content (AvgIpc) is 2.62. The number of nitrogens with one attached hydrogen (secondary N) is 1. The monoisotopic (exact) mass is 426 g/mol. The summed E-state index contributed by atoms with van der Waals surface area (Å²) in [5, 5.41) is 15.9. The molecule has 0 unspecified atom stereocenters. The Kier molecular flexibility index (Phi) is 5.76. The van der Waals surface area contributed by atoms with Gasteiger partial charge in [0.15, 0.2) is 6.61 Å². The predicted molar refractivity (Wildman–Crippen MR) is 110 cm³/mol. The Balaban J connectivity index is 1.66. The number of carbonyl (C=O) groups excluding carboxylic acids is 1. The molecule has 0 aliphatic carbocycles. The quantitative estimate of drug-likeness (QED) is 0.467. The Hall–Kier alpha value is -2.86. The minimum Gasteiger partial charge on any atom is -0.507 e. The zero-order chi connectivity index (χ0) is 19.4. The predicted octanol–water partition coefficient (Wildman–Crippen LogP) is 4.45. The number of hydrazone groups is 1. The van der Waals surface area contributed by atoms with Crippen molar-refractivity contribution in [2.24, 2.45) is 5.10 Å². The molecule has 5 nitrogen and oxygen atoms in total. The number of halogens is 1. The highest BCUT2D eigenvalue weighted by molar-refractivity contribution is 9.10. The number of carbonyl (C=O) groups is 1. The van der Waals surface area contributed by atoms with Gasteiger partial charge in [-0.15, -0.1) is 0 Å². The molecule has 0 aliphatic heterocycles. The van der Waals surface area contributed by atoms with E-state index >= 15 is 0 Å². The molecule has 2 N–H and O–H groups in total. The first kappa shape index (κ1) is 18.9. The second kappa shape index (κ2) is 8.22. The summed E-state index contributed by atoms with van der Waals surface area (Å²) in [4.78, 5) is 12.0. The van der Waals surface area contributed by atoms with Crippen LogP contribution in [0.2, 0.25) is 0 Å². The normalized spacial score (nSPS) is 11.1. The molecular formula is C21H19BrN2O3. The summed E-state index contributed by atoms with van der Waals surface area (Å²) in [5.74, 6) is 0.339. The topological polar surface area (TPSA) is 70.9 Å². The molecule has 0 fully saturated rings. The Morgan fingerprint density at radius 1 is 1.22 bits per heavy atom. The molecule has 3 rings (SSSR count). The lowest BCUT2D eigenvalue weighted by molar-refractivity contribution is -0.123. The number of aromatic hydroxyl groups is 1. The van der Waals surface area contributed by atoms with Gasteiger partial charge in [0.1, 0.15) is 11.5 Å². The Bertz CT molecular complexity index is 1010. The standard InChI is InChI=1S/C21H19BrN2O3/c1-13-9-14(2)21(18(22)10-13)27-12-20(26)24-23-11-17-16-6-4-3-5-15(16)7-8-19(17)25/h3-11,25H,12H2,1-2H3,(H,24,26). The molecule has 0 spiro atoms. The van der Waals surface area contributed by atoms with E-state index in [2.05, 4.69) is 26.5 Å². The first-order valence-electron chi connectivity index (χ1n) is 8.38. The average molecular weight is 427 g/mol. The van der Waals surface area contributed by atoms with Crippen LogP contribution >= 0.6 is 15.9 Å². The number of hydrogen-bond acceptors (Lipinski definition) is 4. The molecule has 0 saturated heterocycles. The van der Waals surface area contributed by atoms with Crippen LogP contribution < -0.4 is 10.2 Å². The molecule has 27 heavy (non-hydrogen) atoms. The SMILES string of the molecule is Cc1cc(C)c(OCC(=O)NN=Cc2c(O)ccc3ccccc23)c(Br)c1. The molecule has 3 aromatic rings. The van der Waals surface area contributed by atoms with E-state index < -0.39 is 5.91 Å². The molecule has 6 heteroatoms. The lowest BCUT2D eigenvalue weighted by atomic mass is 10.0. The van der Waals surface area contributed by atoms with Crippen LogP contribution in [0.5, 0.6) is 11.5 Å². The fraction of sp³-hybridized carbons (Fsp3) is 0.143. The van der Waals surface area contributed by atoms with Crippen molar-refractivity contribution in [2.45, 2.75) is 13.8 Å². The number of aryl methyl sites for hydroxylation is 2. The van der Waals surface area contributed by atoms with Crippen LogP contribution in [-0.2, 0) is 4.79 Å². The summed E-state index contributed by atoms with van der Waals surface area (Å²) >= 11 is 3.45. The van der Waals surface area contributed by atoms with Crippen molar-refractivity contribution in [3.8, 4) is 11.5 Å². The molecule has 0 aliphatic rings. The Morgan fingerprint density at radius 3 is 2.78 bits per heavy atom. The summed E-state index contributed by atoms with van der Waals surface area (Å²) in [6, 6.07) is 15.0. The number of phenolic OH excluding ortho intramolecular Hbond substituents is 1. The molecule has 0 saturated carbocycles. The van der Waals surface area contributed by atoms with Gasteiger partial charge in [-0.25, -0.2) is 5.43 Å². The number of phenols is 1. The van der Waals surface area contributed by atoms with Crippen molar-refractivity contribution in [2.75, 3.05) is 6.61 Å². The number of nitrogens with zero attached hydrogens (tertiary/aromatic N) is 1. The van der Waals surface area contributed by atoms with Crippen LogP contribution in [0.1, 0.15) is 16.7 Å². The lowest BCUT2D eigenvalue weighted by Gasteiger charge is -2.11. The maximum Gasteiger partial charge on any atom is 0.277 e. The van der Waals surface area contributed by atoms with Gasteiger partial charge in [0.05, 0.1) is 10.7 Å². The molecule has 0 atom stereocenters. The van der Waals surface area contributed by atoms with E-state index in [0.717, 1.165) is 26.4 Å². The fourth-order valence-corrected chi connectivity index (χ4v) is 3.63. The number of ether oxygens (including phenoxy) is 1. The smallest absolute Gasteiger partial charge is 0.277 e. The number of amides is 1. The third-order valence-electron chi connectivity index (χ3n) is 4.05. The van der Waals surface area contributed by atoms with E-state index in [9.17, 15) is 9.90 Å². The lowest BCUT2D eigenvalue weighted by Crippen LogP contribution is -2.24. The number of benzene rings is 3. The van der Waals surface area contributed by atoms with Crippen molar-refractivity contribution >= 4 is 38.8 Å². The summed E-state index contributed by atoms with van der Waals surface area (Å²) in [6.07, 6.45) is 1.43. The van der Waals surface area contributed by atoms with E-state index in [1.165, 1.54) is 6.21 Å². The second-order valence-corrected chi connectivity index (χ2v) is 7.05. The number of fused-ring (bicyclic) bond motifs is 1. The summed E-state index contributed by atoms with van der Waals surface area (Å²) in [7, 11) is 0. The maximum absolute atomic E-state index is 12.0. The highest BCUT2D eigenvalue weighted by Gasteiger charge is 2.09. The van der Waals surface area contributed by atoms with E-state index in [4.69, 9.17) is 4.74 Å². The van der Waals surface area contributed by atoms with Gasteiger partial charge in [-0.1, -0.05) is 36.4 Å². The first-order valence-corrected chi connectivity index (χ1v) is 9.17. The van der Waals surface area contributed by atoms with Crippen LogP contribution in [0.4, 0.5) is 0 Å². The molecular weight excluding hydrogens is 408 g/mol. The Labute approximate surface area is 165 Å². The van der Waals surface area contributed by atoms with Gasteiger partial charge in [0.2, 0.25) is 0 Å². The first-order chi connectivity index (χ1) is 13.0. The van der Waals surface area contributed by atoms with Crippen molar-refractivity contribution in [3.63, 3.8) is 0 Å². The van der Waals surface area contributed by atoms with Gasteiger partial charge in [-0.2, -0.15) is 5.10 Å². The molecule has 0 heterocycles. The third-order valence-corrected chi connectivity index (χ3v) is 4.64. The highest BCUT2D eigenvalue weighted by atomic mass is 79.9. The third kappa shape index (κ3) is 4.46. The van der Waals surface area contributed by atoms with E-state index in [-0.39, 0.29) is 12.4 Å². The fourth-order valence-electron chi connectivity index (χ4n) is 2.84. The van der Waals surface area contributed by atoms with Gasteiger partial charge in [-0.05, 0) is 63.8 Å². The van der Waals surface area contributed by atoms with Crippen LogP contribution in [0, 0.1) is 13.8 Å². The van der Waals surface area contributed by atoms with E-state index in [1.54, 1.807) is 6.07 Å². The molecule has 0 bridgehead atoms. The molecule has 0 radical (unpaired) electrons. The molecule has 138 valence electrons. The largest absolute Gasteiger partial charge is 0.507 e. The molecule has 3 aromatic carbocycles. The van der Waals surface area contributed by atoms with Crippen LogP contribution in [0.3, 0.4) is 0 Å². The van der Waals surface area contributed by atoms with Crippen molar-refractivity contribution in [1.29, 1.82) is 0 Å². The maximum atomic E-state index is 12.0. The van der Waals surface area contributed by atoms with Gasteiger partial charge in [0, 0.05) is 5.56 Å². The van der Waals surface area contributed by atoms with Gasteiger partial charge >= 0.3 is 0 Å². The summed E-state index contributed by atoms with van der Waals surface area (Å²) in [5.41, 5.74) is 5.02. The Morgan fingerprint density at radius 2 is 2.00 bits per heavy atom. The minimum atomic E-state index is -0.391. The second-order valence-electron chi connectivity index (χ2n) is 6.19. The van der Waals surface area contributed by atoms with Gasteiger partial charge in [-0.3, -0.25) is 4.79 Å². The number of rotatable bonds is 5. The van der Waals surface area contributed by atoms with Gasteiger partial charge < -0.3 is 9.84 Å². The van der Waals surface area contributed by atoms with Crippen molar-refractivity contribution in [3.05, 3.63) is 69.7 Å². The summed E-state index contributed by atoms with van der Waals surface area (Å²) < 4.78 is 6.40. The summed E-state index contributed by atoms with van der Waals surface area (Å²) in [6.45, 7) is 3.75. The van der Waals surface area contributed by atoms with Crippen LogP contribution in [-0.4, -0.2) is 23.8 Å².